The van der Waals surface area contributed by atoms with Gasteiger partial charge in [0.05, 0.1) is 12.1 Å². The first kappa shape index (κ1) is 26.2. The lowest BCUT2D eigenvalue weighted by Crippen LogP contribution is -2.50. The van der Waals surface area contributed by atoms with Gasteiger partial charge in [-0.15, -0.1) is 0 Å². The molecule has 0 spiro atoms. The first-order valence-electron chi connectivity index (χ1n) is 12.2. The van der Waals surface area contributed by atoms with Crippen molar-refractivity contribution in [1.82, 2.24) is 10.6 Å². The average Bonchev–Trinajstić information content (AvgIpc) is 2.71. The van der Waals surface area contributed by atoms with Gasteiger partial charge in [0.2, 0.25) is 5.91 Å². The number of hydrogen-bond acceptors (Lipinski definition) is 4. The SMILES string of the molecule is CC(=O)N[C@@H](Cc1ccc(F)cc1)[C@@H](O)CN[C@H]1CC(C)(C)Nc2ccc(CC(C)(C)C)cc21. The molecule has 1 heterocycles. The minimum Gasteiger partial charge on any atom is -0.390 e. The second-order valence-corrected chi connectivity index (χ2v) is 11.5. The third-order valence-electron chi connectivity index (χ3n) is 6.21. The number of carbonyl (C=O) groups excluding carboxylic acids is 1. The van der Waals surface area contributed by atoms with Gasteiger partial charge >= 0.3 is 0 Å². The average molecular weight is 470 g/mol. The van der Waals surface area contributed by atoms with Crippen LogP contribution in [-0.4, -0.2) is 35.2 Å². The smallest absolute Gasteiger partial charge is 0.217 e. The van der Waals surface area contributed by atoms with E-state index < -0.39 is 12.1 Å². The molecule has 1 aliphatic rings. The molecular weight excluding hydrogens is 429 g/mol. The Morgan fingerprint density at radius 2 is 1.82 bits per heavy atom. The number of fused-ring (bicyclic) bond motifs is 1. The lowest BCUT2D eigenvalue weighted by atomic mass is 9.82. The summed E-state index contributed by atoms with van der Waals surface area (Å²) in [6.45, 7) is 12.9. The van der Waals surface area contributed by atoms with Crippen molar-refractivity contribution >= 4 is 11.6 Å². The van der Waals surface area contributed by atoms with Crippen LogP contribution < -0.4 is 16.0 Å². The Morgan fingerprint density at radius 1 is 1.18 bits per heavy atom. The van der Waals surface area contributed by atoms with Crippen molar-refractivity contribution in [2.24, 2.45) is 5.41 Å². The lowest BCUT2D eigenvalue weighted by molar-refractivity contribution is -0.120. The van der Waals surface area contributed by atoms with Gasteiger partial charge < -0.3 is 21.1 Å². The Balaban J connectivity index is 1.75. The van der Waals surface area contributed by atoms with Crippen molar-refractivity contribution in [3.8, 4) is 0 Å². The summed E-state index contributed by atoms with van der Waals surface area (Å²) in [4.78, 5) is 11.8. The largest absolute Gasteiger partial charge is 0.390 e. The summed E-state index contributed by atoms with van der Waals surface area (Å²) in [5, 5.41) is 21.1. The summed E-state index contributed by atoms with van der Waals surface area (Å²) in [5.74, 6) is -0.508. The predicted molar refractivity (Wildman–Crippen MR) is 136 cm³/mol. The van der Waals surface area contributed by atoms with Crippen LogP contribution >= 0.6 is 0 Å². The minimum atomic E-state index is -0.798. The molecule has 34 heavy (non-hydrogen) atoms. The van der Waals surface area contributed by atoms with Crippen molar-refractivity contribution in [2.45, 2.75) is 84.5 Å². The zero-order chi connectivity index (χ0) is 25.1. The van der Waals surface area contributed by atoms with Crippen LogP contribution in [0.4, 0.5) is 10.1 Å². The topological polar surface area (TPSA) is 73.4 Å². The molecule has 186 valence electrons. The molecule has 0 bridgehead atoms. The van der Waals surface area contributed by atoms with E-state index in [-0.39, 0.29) is 28.7 Å². The molecule has 2 aromatic rings. The number of anilines is 1. The summed E-state index contributed by atoms with van der Waals surface area (Å²) in [6.07, 6.45) is 1.48. The molecule has 2 aromatic carbocycles. The molecule has 0 fully saturated rings. The number of aliphatic hydroxyl groups is 1. The minimum absolute atomic E-state index is 0.0737. The van der Waals surface area contributed by atoms with Gasteiger partial charge in [0.25, 0.3) is 0 Å². The number of nitrogens with one attached hydrogen (secondary N) is 3. The maximum atomic E-state index is 13.3. The first-order chi connectivity index (χ1) is 15.8. The van der Waals surface area contributed by atoms with Crippen LogP contribution in [0.2, 0.25) is 0 Å². The van der Waals surface area contributed by atoms with E-state index in [1.165, 1.54) is 30.2 Å². The van der Waals surface area contributed by atoms with Crippen molar-refractivity contribution in [3.63, 3.8) is 0 Å². The van der Waals surface area contributed by atoms with Gasteiger partial charge in [-0.25, -0.2) is 4.39 Å². The van der Waals surface area contributed by atoms with Crippen molar-refractivity contribution in [3.05, 3.63) is 65.0 Å². The highest BCUT2D eigenvalue weighted by atomic mass is 19.1. The highest BCUT2D eigenvalue weighted by molar-refractivity contribution is 5.73. The van der Waals surface area contributed by atoms with E-state index in [1.807, 2.05) is 0 Å². The van der Waals surface area contributed by atoms with Crippen LogP contribution in [-0.2, 0) is 17.6 Å². The normalized spacial score (nSPS) is 19.0. The molecule has 0 aromatic heterocycles. The summed E-state index contributed by atoms with van der Waals surface area (Å²) < 4.78 is 13.3. The Kier molecular flexibility index (Phi) is 8.04. The van der Waals surface area contributed by atoms with Crippen LogP contribution in [0.3, 0.4) is 0 Å². The summed E-state index contributed by atoms with van der Waals surface area (Å²) in [6, 6.07) is 12.4. The number of benzene rings is 2. The highest BCUT2D eigenvalue weighted by Crippen LogP contribution is 2.38. The summed E-state index contributed by atoms with van der Waals surface area (Å²) in [7, 11) is 0. The van der Waals surface area contributed by atoms with E-state index >= 15 is 0 Å². The second-order valence-electron chi connectivity index (χ2n) is 11.5. The fourth-order valence-corrected chi connectivity index (χ4v) is 4.78. The van der Waals surface area contributed by atoms with Crippen LogP contribution in [0.1, 0.15) is 70.7 Å². The van der Waals surface area contributed by atoms with Gasteiger partial charge in [-0.2, -0.15) is 0 Å². The Labute approximate surface area is 203 Å². The second kappa shape index (κ2) is 10.4. The van der Waals surface area contributed by atoms with Gasteiger partial charge in [-0.05, 0) is 73.4 Å². The standard InChI is InChI=1S/C28H40FN3O2/c1-18(33)31-24(14-19-7-10-21(29)11-8-19)26(34)17-30-25-16-28(5,6)32-23-12-9-20(13-22(23)25)15-27(2,3)4/h7-13,24-26,30,32,34H,14-17H2,1-6H3,(H,31,33)/t24-,25-,26-/m0/s1. The third kappa shape index (κ3) is 7.54. The van der Waals surface area contributed by atoms with Gasteiger partial charge in [0.15, 0.2) is 0 Å². The van der Waals surface area contributed by atoms with Gasteiger partial charge in [0, 0.05) is 30.7 Å². The molecule has 3 atom stereocenters. The molecule has 0 aliphatic carbocycles. The number of carbonyl (C=O) groups is 1. The number of amides is 1. The maximum absolute atomic E-state index is 13.3. The highest BCUT2D eigenvalue weighted by Gasteiger charge is 2.33. The van der Waals surface area contributed by atoms with Gasteiger partial charge in [0.1, 0.15) is 5.82 Å². The molecule has 3 rings (SSSR count). The molecule has 4 N–H and O–H groups in total. The molecule has 0 radical (unpaired) electrons. The molecule has 1 amide bonds. The van der Waals surface area contributed by atoms with Crippen molar-refractivity contribution in [1.29, 1.82) is 0 Å². The molecular formula is C28H40FN3O2. The van der Waals surface area contributed by atoms with E-state index in [9.17, 15) is 14.3 Å². The summed E-state index contributed by atoms with van der Waals surface area (Å²) >= 11 is 0. The van der Waals surface area contributed by atoms with Gasteiger partial charge in [-0.3, -0.25) is 4.79 Å². The first-order valence-corrected chi connectivity index (χ1v) is 12.2. The third-order valence-corrected chi connectivity index (χ3v) is 6.21. The monoisotopic (exact) mass is 469 g/mol. The molecule has 0 saturated carbocycles. The van der Waals surface area contributed by atoms with E-state index in [0.717, 1.165) is 24.1 Å². The zero-order valence-corrected chi connectivity index (χ0v) is 21.3. The van der Waals surface area contributed by atoms with Crippen LogP contribution in [0.25, 0.3) is 0 Å². The van der Waals surface area contributed by atoms with Crippen LogP contribution in [0.5, 0.6) is 0 Å². The molecule has 0 saturated heterocycles. The quantitative estimate of drug-likeness (QED) is 0.450. The van der Waals surface area contributed by atoms with E-state index in [0.29, 0.717) is 13.0 Å². The molecule has 6 heteroatoms. The fraction of sp³-hybridized carbons (Fsp3) is 0.536. The Morgan fingerprint density at radius 3 is 2.44 bits per heavy atom. The van der Waals surface area contributed by atoms with Gasteiger partial charge in [-0.1, -0.05) is 45.0 Å². The van der Waals surface area contributed by atoms with Crippen LogP contribution in [0.15, 0.2) is 42.5 Å². The fourth-order valence-electron chi connectivity index (χ4n) is 4.78. The van der Waals surface area contributed by atoms with E-state index in [1.54, 1.807) is 12.1 Å². The number of rotatable bonds is 8. The Hall–Kier alpha value is -2.44. The Bertz CT molecular complexity index is 982. The maximum Gasteiger partial charge on any atom is 0.217 e. The number of halogens is 1. The van der Waals surface area contributed by atoms with E-state index in [4.69, 9.17) is 0 Å². The van der Waals surface area contributed by atoms with Crippen molar-refractivity contribution < 1.29 is 14.3 Å². The molecule has 5 nitrogen and oxygen atoms in total. The summed E-state index contributed by atoms with van der Waals surface area (Å²) in [5.41, 5.74) is 4.59. The van der Waals surface area contributed by atoms with Crippen LogP contribution in [0, 0.1) is 11.2 Å². The number of aliphatic hydroxyl groups excluding tert-OH is 1. The van der Waals surface area contributed by atoms with E-state index in [2.05, 4.69) is 68.8 Å². The zero-order valence-electron chi connectivity index (χ0n) is 21.3. The number of hydrogen-bond donors (Lipinski definition) is 4. The lowest BCUT2D eigenvalue weighted by Gasteiger charge is -2.40. The molecule has 1 aliphatic heterocycles. The molecule has 0 unspecified atom stereocenters. The van der Waals surface area contributed by atoms with Crippen molar-refractivity contribution in [2.75, 3.05) is 11.9 Å². The predicted octanol–water partition coefficient (Wildman–Crippen LogP) is 4.75.